The molecule has 0 rings (SSSR count). The SMILES string of the molecule is CCCCCCCCCCCCCCC[N+](C)(C)CCCCC(C)C. The Kier molecular flexibility index (Phi) is 17.3. The Labute approximate surface area is 161 Å². The number of hydrogen-bond acceptors (Lipinski definition) is 0. The van der Waals surface area contributed by atoms with Gasteiger partial charge in [0, 0.05) is 0 Å². The molecule has 0 spiro atoms. The van der Waals surface area contributed by atoms with Gasteiger partial charge in [0.15, 0.2) is 0 Å². The predicted molar refractivity (Wildman–Crippen MR) is 116 cm³/mol. The number of unbranched alkanes of at least 4 members (excludes halogenated alkanes) is 13. The van der Waals surface area contributed by atoms with Gasteiger partial charge in [-0.05, 0) is 31.6 Å². The van der Waals surface area contributed by atoms with Crippen LogP contribution in [0.2, 0.25) is 0 Å². The molecule has 0 atom stereocenters. The van der Waals surface area contributed by atoms with Crippen molar-refractivity contribution in [2.24, 2.45) is 5.92 Å². The average molecular weight is 355 g/mol. The molecule has 152 valence electrons. The summed E-state index contributed by atoms with van der Waals surface area (Å²) in [4.78, 5) is 0. The zero-order valence-corrected chi connectivity index (χ0v) is 18.8. The molecule has 0 aliphatic carbocycles. The van der Waals surface area contributed by atoms with Gasteiger partial charge in [-0.15, -0.1) is 0 Å². The molecule has 0 aromatic heterocycles. The zero-order chi connectivity index (χ0) is 18.8. The minimum atomic E-state index is 0.872. The van der Waals surface area contributed by atoms with Gasteiger partial charge in [0.1, 0.15) is 0 Å². The predicted octanol–water partition coefficient (Wildman–Crippen LogP) is 7.98. The van der Waals surface area contributed by atoms with E-state index in [4.69, 9.17) is 0 Å². The Hall–Kier alpha value is -0.0400. The fraction of sp³-hybridized carbons (Fsp3) is 1.00. The van der Waals surface area contributed by atoms with Crippen LogP contribution < -0.4 is 0 Å². The second-order valence-electron chi connectivity index (χ2n) is 9.52. The molecule has 0 radical (unpaired) electrons. The lowest BCUT2D eigenvalue weighted by Gasteiger charge is -2.30. The van der Waals surface area contributed by atoms with E-state index < -0.39 is 0 Å². The Morgan fingerprint density at radius 3 is 1.28 bits per heavy atom. The van der Waals surface area contributed by atoms with Crippen LogP contribution in [-0.2, 0) is 0 Å². The van der Waals surface area contributed by atoms with Gasteiger partial charge in [-0.1, -0.05) is 97.8 Å². The smallest absolute Gasteiger partial charge is 0.0782 e. The van der Waals surface area contributed by atoms with Crippen LogP contribution in [0.5, 0.6) is 0 Å². The molecule has 0 amide bonds. The van der Waals surface area contributed by atoms with E-state index in [0.717, 1.165) is 5.92 Å². The second-order valence-corrected chi connectivity index (χ2v) is 9.52. The third-order valence-corrected chi connectivity index (χ3v) is 5.66. The first-order valence-electron chi connectivity index (χ1n) is 11.8. The van der Waals surface area contributed by atoms with Gasteiger partial charge in [0.25, 0.3) is 0 Å². The quantitative estimate of drug-likeness (QED) is 0.163. The van der Waals surface area contributed by atoms with Gasteiger partial charge in [0.05, 0.1) is 27.2 Å². The fourth-order valence-corrected chi connectivity index (χ4v) is 3.76. The number of rotatable bonds is 19. The minimum Gasteiger partial charge on any atom is -0.328 e. The van der Waals surface area contributed by atoms with Crippen molar-refractivity contribution < 1.29 is 4.48 Å². The highest BCUT2D eigenvalue weighted by Crippen LogP contribution is 2.14. The highest BCUT2D eigenvalue weighted by molar-refractivity contribution is 4.50. The van der Waals surface area contributed by atoms with E-state index in [0.29, 0.717) is 0 Å². The molecule has 0 fully saturated rings. The molecule has 1 nitrogen and oxygen atoms in total. The van der Waals surface area contributed by atoms with Crippen LogP contribution in [0.4, 0.5) is 0 Å². The molecule has 0 aliphatic rings. The van der Waals surface area contributed by atoms with Crippen molar-refractivity contribution >= 4 is 0 Å². The van der Waals surface area contributed by atoms with Crippen molar-refractivity contribution in [1.29, 1.82) is 0 Å². The summed E-state index contributed by atoms with van der Waals surface area (Å²) in [6, 6.07) is 0. The average Bonchev–Trinajstić information content (AvgIpc) is 2.56. The second kappa shape index (κ2) is 17.4. The van der Waals surface area contributed by atoms with Crippen molar-refractivity contribution in [3.8, 4) is 0 Å². The summed E-state index contributed by atoms with van der Waals surface area (Å²) in [7, 11) is 4.85. The molecule has 0 N–H and O–H groups in total. The minimum absolute atomic E-state index is 0.872. The molecule has 0 aliphatic heterocycles. The lowest BCUT2D eigenvalue weighted by Crippen LogP contribution is -2.41. The first-order valence-corrected chi connectivity index (χ1v) is 11.8. The molecule has 0 saturated heterocycles. The highest BCUT2D eigenvalue weighted by Gasteiger charge is 2.13. The number of quaternary nitrogens is 1. The Balaban J connectivity index is 3.28. The van der Waals surface area contributed by atoms with Crippen LogP contribution in [-0.4, -0.2) is 31.7 Å². The molecule has 0 bridgehead atoms. The van der Waals surface area contributed by atoms with E-state index in [1.807, 2.05) is 0 Å². The Bertz CT molecular complexity index is 257. The molecule has 0 unspecified atom stereocenters. The standard InChI is InChI=1S/C24H52N/c1-6-7-8-9-10-11-12-13-14-15-16-17-19-22-25(4,5)23-20-18-21-24(2)3/h24H,6-23H2,1-5H3/q+1. The first-order chi connectivity index (χ1) is 12.0. The summed E-state index contributed by atoms with van der Waals surface area (Å²) in [6.07, 6.45) is 23.2. The maximum absolute atomic E-state index is 2.43. The van der Waals surface area contributed by atoms with Crippen LogP contribution in [0, 0.1) is 5.92 Å². The van der Waals surface area contributed by atoms with E-state index in [1.165, 1.54) is 120 Å². The van der Waals surface area contributed by atoms with Gasteiger partial charge in [-0.3, -0.25) is 0 Å². The summed E-state index contributed by atoms with van der Waals surface area (Å²) in [5.74, 6) is 0.872. The maximum atomic E-state index is 2.43. The maximum Gasteiger partial charge on any atom is 0.0782 e. The van der Waals surface area contributed by atoms with Crippen molar-refractivity contribution in [2.45, 2.75) is 124 Å². The van der Waals surface area contributed by atoms with Gasteiger partial charge in [-0.25, -0.2) is 0 Å². The Morgan fingerprint density at radius 2 is 0.880 bits per heavy atom. The van der Waals surface area contributed by atoms with E-state index >= 15 is 0 Å². The van der Waals surface area contributed by atoms with E-state index in [1.54, 1.807) is 0 Å². The highest BCUT2D eigenvalue weighted by atomic mass is 15.3. The third-order valence-electron chi connectivity index (χ3n) is 5.66. The van der Waals surface area contributed by atoms with Crippen molar-refractivity contribution in [1.82, 2.24) is 0 Å². The van der Waals surface area contributed by atoms with Crippen molar-refractivity contribution in [2.75, 3.05) is 27.2 Å². The van der Waals surface area contributed by atoms with E-state index in [2.05, 4.69) is 34.9 Å². The normalized spacial score (nSPS) is 12.2. The molecule has 0 aromatic rings. The van der Waals surface area contributed by atoms with Crippen LogP contribution in [0.25, 0.3) is 0 Å². The molecule has 1 heteroatoms. The van der Waals surface area contributed by atoms with Crippen molar-refractivity contribution in [3.05, 3.63) is 0 Å². The van der Waals surface area contributed by atoms with Crippen LogP contribution >= 0.6 is 0 Å². The van der Waals surface area contributed by atoms with Crippen LogP contribution in [0.3, 0.4) is 0 Å². The summed E-state index contributed by atoms with van der Waals surface area (Å²) < 4.78 is 1.23. The summed E-state index contributed by atoms with van der Waals surface area (Å²) in [6.45, 7) is 9.72. The van der Waals surface area contributed by atoms with Crippen LogP contribution in [0.1, 0.15) is 124 Å². The number of nitrogens with zero attached hydrogens (tertiary/aromatic N) is 1. The largest absolute Gasteiger partial charge is 0.328 e. The van der Waals surface area contributed by atoms with E-state index in [-0.39, 0.29) is 0 Å². The van der Waals surface area contributed by atoms with E-state index in [9.17, 15) is 0 Å². The lowest BCUT2D eigenvalue weighted by molar-refractivity contribution is -0.890. The van der Waals surface area contributed by atoms with Gasteiger partial charge in [-0.2, -0.15) is 0 Å². The summed E-state index contributed by atoms with van der Waals surface area (Å²) in [5.41, 5.74) is 0. The molecule has 0 saturated carbocycles. The summed E-state index contributed by atoms with van der Waals surface area (Å²) in [5, 5.41) is 0. The number of hydrogen-bond donors (Lipinski definition) is 0. The zero-order valence-electron chi connectivity index (χ0n) is 18.8. The first kappa shape index (κ1) is 25.0. The van der Waals surface area contributed by atoms with Crippen LogP contribution in [0.15, 0.2) is 0 Å². The molecule has 0 heterocycles. The molecular formula is C24H52N+. The Morgan fingerprint density at radius 1 is 0.520 bits per heavy atom. The fourth-order valence-electron chi connectivity index (χ4n) is 3.76. The third kappa shape index (κ3) is 20.1. The molecule has 0 aromatic carbocycles. The van der Waals surface area contributed by atoms with Gasteiger partial charge < -0.3 is 4.48 Å². The van der Waals surface area contributed by atoms with Gasteiger partial charge >= 0.3 is 0 Å². The summed E-state index contributed by atoms with van der Waals surface area (Å²) >= 11 is 0. The van der Waals surface area contributed by atoms with Crippen molar-refractivity contribution in [3.63, 3.8) is 0 Å². The van der Waals surface area contributed by atoms with Gasteiger partial charge in [0.2, 0.25) is 0 Å². The molecule has 25 heavy (non-hydrogen) atoms. The molecular weight excluding hydrogens is 302 g/mol. The lowest BCUT2D eigenvalue weighted by atomic mass is 10.0. The topological polar surface area (TPSA) is 0 Å². The monoisotopic (exact) mass is 354 g/mol.